The van der Waals surface area contributed by atoms with Gasteiger partial charge < -0.3 is 45.4 Å². The summed E-state index contributed by atoms with van der Waals surface area (Å²) in [6.45, 7) is 3.57. The van der Waals surface area contributed by atoms with Gasteiger partial charge in [-0.15, -0.1) is 0 Å². The Morgan fingerprint density at radius 2 is 1.04 bits per heavy atom. The van der Waals surface area contributed by atoms with Gasteiger partial charge in [-0.05, 0) is 57.8 Å². The molecule has 8 atom stereocenters. The first-order valence-corrected chi connectivity index (χ1v) is 23.3. The maximum Gasteiger partial charge on any atom is 0.249 e. The number of hydrogen-bond donors (Lipinski definition) is 7. The molecule has 1 fully saturated rings. The van der Waals surface area contributed by atoms with E-state index < -0.39 is 61.5 Å². The van der Waals surface area contributed by atoms with E-state index in [9.17, 15) is 35.4 Å². The highest BCUT2D eigenvalue weighted by molar-refractivity contribution is 5.80. The van der Waals surface area contributed by atoms with E-state index in [0.29, 0.717) is 19.3 Å². The minimum Gasteiger partial charge on any atom is -0.394 e. The highest BCUT2D eigenvalue weighted by Gasteiger charge is 2.44. The molecule has 8 unspecified atom stereocenters. The minimum absolute atomic E-state index is 0.296. The third-order valence-electron chi connectivity index (χ3n) is 11.0. The fourth-order valence-electron chi connectivity index (χ4n) is 7.17. The van der Waals surface area contributed by atoms with Gasteiger partial charge in [0, 0.05) is 0 Å². The van der Waals surface area contributed by atoms with Crippen molar-refractivity contribution in [2.75, 3.05) is 13.2 Å². The molecule has 1 rings (SSSR count). The molecule has 1 aliphatic heterocycles. The highest BCUT2D eigenvalue weighted by atomic mass is 16.7. The molecule has 0 aromatic carbocycles. The van der Waals surface area contributed by atoms with E-state index in [2.05, 4.69) is 43.5 Å². The van der Waals surface area contributed by atoms with Crippen molar-refractivity contribution in [1.82, 2.24) is 5.32 Å². The van der Waals surface area contributed by atoms with Crippen molar-refractivity contribution >= 4 is 5.91 Å². The third kappa shape index (κ3) is 27.7. The Morgan fingerprint density at radius 3 is 1.53 bits per heavy atom. The summed E-state index contributed by atoms with van der Waals surface area (Å²) in [4.78, 5) is 13.0. The Labute approximate surface area is 347 Å². The largest absolute Gasteiger partial charge is 0.394 e. The molecule has 1 heterocycles. The van der Waals surface area contributed by atoms with Crippen molar-refractivity contribution in [2.24, 2.45) is 0 Å². The van der Waals surface area contributed by atoms with Crippen molar-refractivity contribution in [1.29, 1.82) is 0 Å². The predicted molar refractivity (Wildman–Crippen MR) is 232 cm³/mol. The zero-order valence-corrected chi connectivity index (χ0v) is 36.2. The van der Waals surface area contributed by atoms with Gasteiger partial charge in [0.1, 0.15) is 30.5 Å². The number of allylic oxidation sites excluding steroid dienone is 5. The lowest BCUT2D eigenvalue weighted by Gasteiger charge is -2.40. The van der Waals surface area contributed by atoms with E-state index in [4.69, 9.17) is 9.47 Å². The maximum atomic E-state index is 13.0. The number of aliphatic hydroxyl groups excluding tert-OH is 6. The van der Waals surface area contributed by atoms with Gasteiger partial charge in [-0.3, -0.25) is 4.79 Å². The number of nitrogens with one attached hydrogen (secondary N) is 1. The SMILES string of the molecule is CCCCCCCCC/C=C/CC/C=C/C(O)C(COC1OC(CO)C(O)C(O)C1O)NC(=O)C(O)CCCCCCCC/C=C\CCCCCCCCCCC. The van der Waals surface area contributed by atoms with Crippen molar-refractivity contribution in [3.8, 4) is 0 Å². The lowest BCUT2D eigenvalue weighted by Crippen LogP contribution is -2.60. The van der Waals surface area contributed by atoms with Crippen LogP contribution in [0.25, 0.3) is 0 Å². The highest BCUT2D eigenvalue weighted by Crippen LogP contribution is 2.22. The van der Waals surface area contributed by atoms with E-state index in [1.165, 1.54) is 122 Å². The molecule has 0 aliphatic carbocycles. The summed E-state index contributed by atoms with van der Waals surface area (Å²) in [5.41, 5.74) is 0. The Morgan fingerprint density at radius 1 is 0.596 bits per heavy atom. The number of carbonyl (C=O) groups is 1. The molecule has 0 saturated carbocycles. The lowest BCUT2D eigenvalue weighted by atomic mass is 9.99. The Balaban J connectivity index is 2.41. The van der Waals surface area contributed by atoms with E-state index in [0.717, 1.165) is 38.5 Å². The molecule has 1 amide bonds. The molecule has 0 aromatic rings. The molecule has 7 N–H and O–H groups in total. The second-order valence-corrected chi connectivity index (χ2v) is 16.3. The van der Waals surface area contributed by atoms with Gasteiger partial charge in [-0.25, -0.2) is 0 Å². The fourth-order valence-corrected chi connectivity index (χ4v) is 7.17. The zero-order chi connectivity index (χ0) is 41.8. The van der Waals surface area contributed by atoms with Crippen LogP contribution in [-0.2, 0) is 14.3 Å². The Hall–Kier alpha value is -1.63. The van der Waals surface area contributed by atoms with Crippen LogP contribution in [0.4, 0.5) is 0 Å². The van der Waals surface area contributed by atoms with Gasteiger partial charge in [0.2, 0.25) is 5.91 Å². The van der Waals surface area contributed by atoms with Crippen LogP contribution in [0.1, 0.15) is 194 Å². The molecular weight excluding hydrogens is 723 g/mol. The molecule has 1 saturated heterocycles. The summed E-state index contributed by atoms with van der Waals surface area (Å²) in [6, 6.07) is -0.997. The van der Waals surface area contributed by atoms with Crippen molar-refractivity contribution in [3.05, 3.63) is 36.5 Å². The second kappa shape index (κ2) is 37.4. The smallest absolute Gasteiger partial charge is 0.249 e. The average Bonchev–Trinajstić information content (AvgIpc) is 3.21. The number of hydrogen-bond acceptors (Lipinski definition) is 9. The summed E-state index contributed by atoms with van der Waals surface area (Å²) >= 11 is 0. The second-order valence-electron chi connectivity index (χ2n) is 16.3. The summed E-state index contributed by atoms with van der Waals surface area (Å²) in [7, 11) is 0. The molecule has 0 bridgehead atoms. The minimum atomic E-state index is -1.62. The number of carbonyl (C=O) groups excluding carboxylic acids is 1. The van der Waals surface area contributed by atoms with Gasteiger partial charge in [0.15, 0.2) is 6.29 Å². The van der Waals surface area contributed by atoms with Crippen molar-refractivity contribution in [3.63, 3.8) is 0 Å². The average molecular weight is 810 g/mol. The van der Waals surface area contributed by atoms with E-state index in [1.54, 1.807) is 6.08 Å². The summed E-state index contributed by atoms with van der Waals surface area (Å²) in [5.74, 6) is -0.632. The summed E-state index contributed by atoms with van der Waals surface area (Å²) in [5, 5.41) is 64.6. The van der Waals surface area contributed by atoms with Gasteiger partial charge in [0.25, 0.3) is 0 Å². The van der Waals surface area contributed by atoms with Crippen LogP contribution in [0.2, 0.25) is 0 Å². The summed E-state index contributed by atoms with van der Waals surface area (Å²) in [6.07, 6.45) is 35.2. The fraction of sp³-hybridized carbons (Fsp3) is 0.851. The standard InChI is InChI=1S/C47H87NO9/c1-3-5-7-9-11-13-15-17-18-19-20-21-22-24-26-28-30-32-34-36-41(51)46(55)48-39(38-56-47-45(54)44(53)43(52)42(37-49)57-47)40(50)35-33-31-29-27-25-23-16-14-12-10-8-6-4-2/h20-21,25,27,33,35,39-45,47,49-54H,3-19,22-24,26,28-32,34,36-38H2,1-2H3,(H,48,55)/b21-20-,27-25+,35-33+. The quantitative estimate of drug-likeness (QED) is 0.0239. The molecule has 334 valence electrons. The van der Waals surface area contributed by atoms with Crippen LogP contribution in [-0.4, -0.2) is 98.7 Å². The number of ether oxygens (including phenoxy) is 2. The summed E-state index contributed by atoms with van der Waals surface area (Å²) < 4.78 is 11.1. The van der Waals surface area contributed by atoms with Crippen LogP contribution in [0.5, 0.6) is 0 Å². The molecule has 10 heteroatoms. The lowest BCUT2D eigenvalue weighted by molar-refractivity contribution is -0.302. The molecule has 0 spiro atoms. The number of rotatable bonds is 38. The number of amides is 1. The van der Waals surface area contributed by atoms with Gasteiger partial charge in [-0.1, -0.05) is 172 Å². The zero-order valence-electron chi connectivity index (χ0n) is 36.2. The van der Waals surface area contributed by atoms with Crippen LogP contribution < -0.4 is 5.32 Å². The maximum absolute atomic E-state index is 13.0. The monoisotopic (exact) mass is 810 g/mol. The first kappa shape index (κ1) is 53.4. The van der Waals surface area contributed by atoms with Crippen LogP contribution in [0.3, 0.4) is 0 Å². The molecule has 1 aliphatic rings. The first-order chi connectivity index (χ1) is 27.8. The first-order valence-electron chi connectivity index (χ1n) is 23.3. The number of unbranched alkanes of at least 4 members (excludes halogenated alkanes) is 23. The van der Waals surface area contributed by atoms with Crippen LogP contribution in [0, 0.1) is 0 Å². The van der Waals surface area contributed by atoms with Crippen LogP contribution >= 0.6 is 0 Å². The Kier molecular flexibility index (Phi) is 35.0. The predicted octanol–water partition coefficient (Wildman–Crippen LogP) is 8.64. The van der Waals surface area contributed by atoms with Gasteiger partial charge in [-0.2, -0.15) is 0 Å². The van der Waals surface area contributed by atoms with Gasteiger partial charge >= 0.3 is 0 Å². The van der Waals surface area contributed by atoms with Crippen molar-refractivity contribution < 1.29 is 44.9 Å². The third-order valence-corrected chi connectivity index (χ3v) is 11.0. The van der Waals surface area contributed by atoms with Crippen LogP contribution in [0.15, 0.2) is 36.5 Å². The number of aliphatic hydroxyl groups is 6. The molecule has 10 nitrogen and oxygen atoms in total. The molecule has 0 radical (unpaired) electrons. The van der Waals surface area contributed by atoms with Gasteiger partial charge in [0.05, 0.1) is 25.4 Å². The normalized spacial score (nSPS) is 21.9. The van der Waals surface area contributed by atoms with Crippen molar-refractivity contribution in [2.45, 2.75) is 243 Å². The van der Waals surface area contributed by atoms with E-state index in [-0.39, 0.29) is 6.61 Å². The molecule has 0 aromatic heterocycles. The topological polar surface area (TPSA) is 169 Å². The van der Waals surface area contributed by atoms with E-state index in [1.807, 2.05) is 6.08 Å². The Bertz CT molecular complexity index is 1010. The molecule has 57 heavy (non-hydrogen) atoms. The molecular formula is C47H87NO9. The van der Waals surface area contributed by atoms with E-state index >= 15 is 0 Å².